The number of nitrogens with zero attached hydrogens (tertiary/aromatic N) is 1. The number of amides is 1. The summed E-state index contributed by atoms with van der Waals surface area (Å²) in [6.45, 7) is 2.19. The Morgan fingerprint density at radius 2 is 2.06 bits per heavy atom. The van der Waals surface area contributed by atoms with Crippen LogP contribution in [0.3, 0.4) is 0 Å². The fraction of sp³-hybridized carbons (Fsp3) is 0.538. The molecule has 0 spiro atoms. The molecule has 0 bridgehead atoms. The Kier molecular flexibility index (Phi) is 4.50. The van der Waals surface area contributed by atoms with Crippen molar-refractivity contribution in [3.8, 4) is 0 Å². The second-order valence-electron chi connectivity index (χ2n) is 4.52. The number of carbonyl (C=O) groups is 1. The summed E-state index contributed by atoms with van der Waals surface area (Å²) in [4.78, 5) is 15.6. The predicted molar refractivity (Wildman–Crippen MR) is 67.7 cm³/mol. The highest BCUT2D eigenvalue weighted by Gasteiger charge is 2.14. The van der Waals surface area contributed by atoms with E-state index in [1.165, 1.54) is 12.8 Å². The van der Waals surface area contributed by atoms with E-state index < -0.39 is 0 Å². The second-order valence-corrected chi connectivity index (χ2v) is 4.52. The number of aromatic nitrogens is 1. The quantitative estimate of drug-likeness (QED) is 0.833. The van der Waals surface area contributed by atoms with Gasteiger partial charge in [0.05, 0.1) is 0 Å². The Morgan fingerprint density at radius 3 is 2.76 bits per heavy atom. The number of rotatable bonds is 4. The molecule has 0 unspecified atom stereocenters. The summed E-state index contributed by atoms with van der Waals surface area (Å²) in [6.07, 6.45) is 7.38. The first-order chi connectivity index (χ1) is 8.34. The van der Waals surface area contributed by atoms with Gasteiger partial charge in [-0.25, -0.2) is 0 Å². The molecule has 0 aliphatic carbocycles. The van der Waals surface area contributed by atoms with Crippen LogP contribution >= 0.6 is 0 Å². The summed E-state index contributed by atoms with van der Waals surface area (Å²) in [6, 6.07) is 3.62. The first-order valence-corrected chi connectivity index (χ1v) is 6.25. The minimum absolute atomic E-state index is 0.106. The lowest BCUT2D eigenvalue weighted by atomic mass is 9.93. The topological polar surface area (TPSA) is 54.0 Å². The van der Waals surface area contributed by atoms with Gasteiger partial charge in [0.1, 0.15) is 0 Å². The summed E-state index contributed by atoms with van der Waals surface area (Å²) in [7, 11) is 0. The maximum Gasteiger partial charge on any atom is 0.224 e. The molecular weight excluding hydrogens is 214 g/mol. The van der Waals surface area contributed by atoms with Gasteiger partial charge in [-0.1, -0.05) is 0 Å². The van der Waals surface area contributed by atoms with E-state index in [1.807, 2.05) is 12.1 Å². The molecule has 92 valence electrons. The van der Waals surface area contributed by atoms with Crippen LogP contribution in [0.1, 0.15) is 25.7 Å². The first-order valence-electron chi connectivity index (χ1n) is 6.25. The van der Waals surface area contributed by atoms with Gasteiger partial charge in [-0.3, -0.25) is 9.78 Å². The van der Waals surface area contributed by atoms with Crippen LogP contribution in [-0.4, -0.2) is 24.0 Å². The van der Waals surface area contributed by atoms with Crippen LogP contribution in [0.25, 0.3) is 0 Å². The summed E-state index contributed by atoms with van der Waals surface area (Å²) >= 11 is 0. The molecule has 2 heterocycles. The SMILES string of the molecule is O=C(CCC1CCNCC1)Nc1ccncc1. The lowest BCUT2D eigenvalue weighted by molar-refractivity contribution is -0.116. The summed E-state index contributed by atoms with van der Waals surface area (Å²) in [5.41, 5.74) is 0.829. The average Bonchev–Trinajstić information content (AvgIpc) is 2.39. The van der Waals surface area contributed by atoms with Crippen molar-refractivity contribution in [3.63, 3.8) is 0 Å². The number of hydrogen-bond acceptors (Lipinski definition) is 3. The lowest BCUT2D eigenvalue weighted by Gasteiger charge is -2.22. The lowest BCUT2D eigenvalue weighted by Crippen LogP contribution is -2.28. The monoisotopic (exact) mass is 233 g/mol. The number of carbonyl (C=O) groups excluding carboxylic acids is 1. The molecule has 0 radical (unpaired) electrons. The van der Waals surface area contributed by atoms with Gasteiger partial charge in [0.15, 0.2) is 0 Å². The molecule has 17 heavy (non-hydrogen) atoms. The van der Waals surface area contributed by atoms with Gasteiger partial charge >= 0.3 is 0 Å². The van der Waals surface area contributed by atoms with Crippen molar-refractivity contribution in [2.45, 2.75) is 25.7 Å². The van der Waals surface area contributed by atoms with Crippen molar-refractivity contribution in [1.29, 1.82) is 0 Å². The fourth-order valence-corrected chi connectivity index (χ4v) is 2.16. The van der Waals surface area contributed by atoms with Crippen LogP contribution in [0, 0.1) is 5.92 Å². The van der Waals surface area contributed by atoms with E-state index in [2.05, 4.69) is 15.6 Å². The molecular formula is C13H19N3O. The molecule has 1 aliphatic rings. The fourth-order valence-electron chi connectivity index (χ4n) is 2.16. The van der Waals surface area contributed by atoms with E-state index in [-0.39, 0.29) is 5.91 Å². The maximum absolute atomic E-state index is 11.7. The minimum atomic E-state index is 0.106. The Balaban J connectivity index is 1.70. The van der Waals surface area contributed by atoms with Gasteiger partial charge in [0.25, 0.3) is 0 Å². The number of hydrogen-bond donors (Lipinski definition) is 2. The molecule has 2 rings (SSSR count). The van der Waals surface area contributed by atoms with E-state index in [9.17, 15) is 4.79 Å². The van der Waals surface area contributed by atoms with Crippen LogP contribution in [0.15, 0.2) is 24.5 Å². The van der Waals surface area contributed by atoms with Gasteiger partial charge in [-0.05, 0) is 50.4 Å². The Hall–Kier alpha value is -1.42. The molecule has 4 nitrogen and oxygen atoms in total. The largest absolute Gasteiger partial charge is 0.326 e. The van der Waals surface area contributed by atoms with Crippen molar-refractivity contribution in [3.05, 3.63) is 24.5 Å². The molecule has 2 N–H and O–H groups in total. The van der Waals surface area contributed by atoms with Gasteiger partial charge in [-0.15, -0.1) is 0 Å². The molecule has 0 aromatic carbocycles. The van der Waals surface area contributed by atoms with Crippen molar-refractivity contribution < 1.29 is 4.79 Å². The van der Waals surface area contributed by atoms with E-state index in [1.54, 1.807) is 12.4 Å². The normalized spacial score (nSPS) is 16.7. The summed E-state index contributed by atoms with van der Waals surface area (Å²) in [5, 5.41) is 6.22. The molecule has 1 amide bonds. The molecule has 1 aromatic heterocycles. The molecule has 1 fully saturated rings. The highest BCUT2D eigenvalue weighted by molar-refractivity contribution is 5.90. The third kappa shape index (κ3) is 4.15. The average molecular weight is 233 g/mol. The second kappa shape index (κ2) is 6.35. The van der Waals surface area contributed by atoms with Crippen LogP contribution in [-0.2, 0) is 4.79 Å². The first kappa shape index (κ1) is 12.0. The zero-order chi connectivity index (χ0) is 11.9. The molecule has 0 saturated carbocycles. The van der Waals surface area contributed by atoms with Crippen molar-refractivity contribution in [1.82, 2.24) is 10.3 Å². The zero-order valence-electron chi connectivity index (χ0n) is 9.98. The maximum atomic E-state index is 11.7. The Bertz CT molecular complexity index is 347. The summed E-state index contributed by atoms with van der Waals surface area (Å²) in [5.74, 6) is 0.814. The zero-order valence-corrected chi connectivity index (χ0v) is 9.98. The molecule has 1 aromatic rings. The number of piperidine rings is 1. The minimum Gasteiger partial charge on any atom is -0.326 e. The van der Waals surface area contributed by atoms with E-state index in [0.29, 0.717) is 12.3 Å². The Morgan fingerprint density at radius 1 is 1.35 bits per heavy atom. The molecule has 1 saturated heterocycles. The van der Waals surface area contributed by atoms with Crippen molar-refractivity contribution in [2.24, 2.45) is 5.92 Å². The van der Waals surface area contributed by atoms with Crippen LogP contribution in [0.2, 0.25) is 0 Å². The Labute approximate surface area is 102 Å². The number of anilines is 1. The van der Waals surface area contributed by atoms with E-state index in [4.69, 9.17) is 0 Å². The standard InChI is InChI=1S/C13H19N3O/c17-13(16-12-5-9-15-10-6-12)2-1-11-3-7-14-8-4-11/h5-6,9-11,14H,1-4,7-8H2,(H,15,16,17). The van der Waals surface area contributed by atoms with Gasteiger partial charge < -0.3 is 10.6 Å². The number of pyridine rings is 1. The van der Waals surface area contributed by atoms with Gasteiger partial charge in [-0.2, -0.15) is 0 Å². The van der Waals surface area contributed by atoms with Crippen LogP contribution < -0.4 is 10.6 Å². The van der Waals surface area contributed by atoms with Crippen molar-refractivity contribution >= 4 is 11.6 Å². The van der Waals surface area contributed by atoms with Crippen molar-refractivity contribution in [2.75, 3.05) is 18.4 Å². The summed E-state index contributed by atoms with van der Waals surface area (Å²) < 4.78 is 0. The third-order valence-corrected chi connectivity index (χ3v) is 3.20. The number of nitrogens with one attached hydrogen (secondary N) is 2. The van der Waals surface area contributed by atoms with Crippen LogP contribution in [0.5, 0.6) is 0 Å². The highest BCUT2D eigenvalue weighted by atomic mass is 16.1. The molecule has 1 aliphatic heterocycles. The smallest absolute Gasteiger partial charge is 0.224 e. The van der Waals surface area contributed by atoms with Crippen LogP contribution in [0.4, 0.5) is 5.69 Å². The predicted octanol–water partition coefficient (Wildman–Crippen LogP) is 1.80. The van der Waals surface area contributed by atoms with E-state index >= 15 is 0 Å². The molecule has 0 atom stereocenters. The highest BCUT2D eigenvalue weighted by Crippen LogP contribution is 2.18. The van der Waals surface area contributed by atoms with Gasteiger partial charge in [0.2, 0.25) is 5.91 Å². The van der Waals surface area contributed by atoms with Gasteiger partial charge in [0, 0.05) is 24.5 Å². The third-order valence-electron chi connectivity index (χ3n) is 3.20. The molecule has 4 heteroatoms. The van der Waals surface area contributed by atoms with E-state index in [0.717, 1.165) is 25.2 Å².